The van der Waals surface area contributed by atoms with Gasteiger partial charge in [0.2, 0.25) is 0 Å². The minimum atomic E-state index is -4.05. The number of aliphatic carboxylic acids is 2. The molecule has 1 rings (SSSR count). The molecule has 0 bridgehead atoms. The van der Waals surface area contributed by atoms with Crippen molar-refractivity contribution in [1.82, 2.24) is 4.72 Å². The SMILES string of the molecule is Cc1ccc(S(=O)(=O)N/C(=C/C=C\C(=O)O)C(=O)O)cc1. The predicted octanol–water partition coefficient (Wildman–Crippen LogP) is 0.883. The number of carboxylic acid groups (broad SMARTS) is 2. The molecule has 0 spiro atoms. The number of carbonyl (C=O) groups is 2. The van der Waals surface area contributed by atoms with E-state index in [1.54, 1.807) is 19.1 Å². The summed E-state index contributed by atoms with van der Waals surface area (Å²) in [5.41, 5.74) is 0.195. The molecule has 1 aromatic rings. The van der Waals surface area contributed by atoms with Crippen molar-refractivity contribution in [2.75, 3.05) is 0 Å². The van der Waals surface area contributed by atoms with E-state index in [4.69, 9.17) is 10.2 Å². The Hall–Kier alpha value is -2.61. The first kappa shape index (κ1) is 16.4. The number of aryl methyl sites for hydroxylation is 1. The molecule has 0 fully saturated rings. The van der Waals surface area contributed by atoms with Crippen molar-refractivity contribution in [2.24, 2.45) is 0 Å². The molecule has 0 heterocycles. The molecule has 0 aromatic heterocycles. The van der Waals surface area contributed by atoms with E-state index in [1.165, 1.54) is 12.1 Å². The van der Waals surface area contributed by atoms with Crippen molar-refractivity contribution in [3.8, 4) is 0 Å². The predicted molar refractivity (Wildman–Crippen MR) is 74.0 cm³/mol. The summed E-state index contributed by atoms with van der Waals surface area (Å²) in [5, 5.41) is 17.3. The van der Waals surface area contributed by atoms with Crippen LogP contribution in [0.2, 0.25) is 0 Å². The molecule has 0 aliphatic carbocycles. The molecule has 1 aromatic carbocycles. The number of benzene rings is 1. The zero-order chi connectivity index (χ0) is 16.0. The molecule has 21 heavy (non-hydrogen) atoms. The number of nitrogens with one attached hydrogen (secondary N) is 1. The van der Waals surface area contributed by atoms with Gasteiger partial charge in [0, 0.05) is 6.08 Å². The standard InChI is InChI=1S/C13H13NO6S/c1-9-5-7-10(8-6-9)21(19,20)14-11(13(17)18)3-2-4-12(15)16/h2-8,14H,1H3,(H,15,16)(H,17,18)/b4-2-,11-3+. The van der Waals surface area contributed by atoms with Gasteiger partial charge >= 0.3 is 11.9 Å². The van der Waals surface area contributed by atoms with Gasteiger partial charge in [0.25, 0.3) is 10.0 Å². The normalized spacial score (nSPS) is 12.3. The van der Waals surface area contributed by atoms with Crippen LogP contribution >= 0.6 is 0 Å². The Morgan fingerprint density at radius 3 is 2.19 bits per heavy atom. The highest BCUT2D eigenvalue weighted by atomic mass is 32.2. The average Bonchev–Trinajstić information content (AvgIpc) is 2.37. The molecule has 0 radical (unpaired) electrons. The largest absolute Gasteiger partial charge is 0.478 e. The van der Waals surface area contributed by atoms with E-state index in [-0.39, 0.29) is 4.90 Å². The maximum atomic E-state index is 12.0. The van der Waals surface area contributed by atoms with Crippen LogP contribution in [0.1, 0.15) is 5.56 Å². The first-order valence-corrected chi connectivity index (χ1v) is 7.15. The summed E-state index contributed by atoms with van der Waals surface area (Å²) in [4.78, 5) is 21.2. The number of sulfonamides is 1. The van der Waals surface area contributed by atoms with E-state index in [0.29, 0.717) is 6.08 Å². The van der Waals surface area contributed by atoms with Crippen LogP contribution in [0, 0.1) is 6.92 Å². The number of hydrogen-bond acceptors (Lipinski definition) is 4. The van der Waals surface area contributed by atoms with Gasteiger partial charge in [-0.25, -0.2) is 18.0 Å². The second-order valence-corrected chi connectivity index (χ2v) is 5.68. The van der Waals surface area contributed by atoms with Gasteiger partial charge < -0.3 is 10.2 Å². The van der Waals surface area contributed by atoms with Gasteiger partial charge in [0.15, 0.2) is 0 Å². The number of allylic oxidation sites excluding steroid dienone is 2. The summed E-state index contributed by atoms with van der Waals surface area (Å²) in [6, 6.07) is 5.82. The Labute approximate surface area is 121 Å². The van der Waals surface area contributed by atoms with Crippen LogP contribution in [0.4, 0.5) is 0 Å². The van der Waals surface area contributed by atoms with Crippen LogP contribution in [0.5, 0.6) is 0 Å². The molecular formula is C13H13NO6S. The van der Waals surface area contributed by atoms with Crippen LogP contribution in [0.15, 0.2) is 53.1 Å². The van der Waals surface area contributed by atoms with Gasteiger partial charge in [-0.05, 0) is 25.1 Å². The number of hydrogen-bond donors (Lipinski definition) is 3. The van der Waals surface area contributed by atoms with E-state index in [2.05, 4.69) is 0 Å². The van der Waals surface area contributed by atoms with Gasteiger partial charge in [-0.15, -0.1) is 0 Å². The summed E-state index contributed by atoms with van der Waals surface area (Å²) < 4.78 is 25.9. The first-order chi connectivity index (χ1) is 9.72. The molecule has 3 N–H and O–H groups in total. The van der Waals surface area contributed by atoms with Gasteiger partial charge in [0.1, 0.15) is 5.70 Å². The van der Waals surface area contributed by atoms with Crippen molar-refractivity contribution in [3.05, 3.63) is 53.8 Å². The van der Waals surface area contributed by atoms with Gasteiger partial charge in [-0.2, -0.15) is 0 Å². The molecule has 7 nitrogen and oxygen atoms in total. The highest BCUT2D eigenvalue weighted by Gasteiger charge is 2.18. The van der Waals surface area contributed by atoms with E-state index in [1.807, 2.05) is 4.72 Å². The third-order valence-electron chi connectivity index (χ3n) is 2.31. The minimum Gasteiger partial charge on any atom is -0.478 e. The van der Waals surface area contributed by atoms with Crippen molar-refractivity contribution < 1.29 is 28.2 Å². The maximum Gasteiger partial charge on any atom is 0.352 e. The van der Waals surface area contributed by atoms with Crippen LogP contribution in [-0.2, 0) is 19.6 Å². The Morgan fingerprint density at radius 1 is 1.14 bits per heavy atom. The Balaban J connectivity index is 3.05. The van der Waals surface area contributed by atoms with Crippen molar-refractivity contribution >= 4 is 22.0 Å². The van der Waals surface area contributed by atoms with Crippen LogP contribution in [0.3, 0.4) is 0 Å². The molecule has 0 saturated heterocycles. The fourth-order valence-corrected chi connectivity index (χ4v) is 2.35. The summed E-state index contributed by atoms with van der Waals surface area (Å²) in [7, 11) is -4.05. The van der Waals surface area contributed by atoms with Crippen LogP contribution in [-0.4, -0.2) is 30.6 Å². The van der Waals surface area contributed by atoms with E-state index < -0.39 is 27.7 Å². The summed E-state index contributed by atoms with van der Waals surface area (Å²) in [6.45, 7) is 1.78. The minimum absolute atomic E-state index is 0.0949. The number of carboxylic acids is 2. The highest BCUT2D eigenvalue weighted by molar-refractivity contribution is 7.89. The van der Waals surface area contributed by atoms with Gasteiger partial charge in [-0.1, -0.05) is 23.8 Å². The van der Waals surface area contributed by atoms with Crippen molar-refractivity contribution in [1.29, 1.82) is 0 Å². The van der Waals surface area contributed by atoms with Crippen LogP contribution < -0.4 is 4.72 Å². The molecule has 112 valence electrons. The monoisotopic (exact) mass is 311 g/mol. The van der Waals surface area contributed by atoms with Gasteiger partial charge in [-0.3, -0.25) is 4.72 Å². The quantitative estimate of drug-likeness (QED) is 0.530. The third kappa shape index (κ3) is 5.11. The molecule has 0 saturated carbocycles. The second kappa shape index (κ2) is 6.71. The zero-order valence-corrected chi connectivity index (χ0v) is 11.8. The first-order valence-electron chi connectivity index (χ1n) is 5.66. The van der Waals surface area contributed by atoms with Crippen LogP contribution in [0.25, 0.3) is 0 Å². The van der Waals surface area contributed by atoms with Gasteiger partial charge in [0.05, 0.1) is 4.90 Å². The Kier molecular flexibility index (Phi) is 5.25. The smallest absolute Gasteiger partial charge is 0.352 e. The molecule has 0 aliphatic heterocycles. The van der Waals surface area contributed by atoms with E-state index in [9.17, 15) is 18.0 Å². The fraction of sp³-hybridized carbons (Fsp3) is 0.0769. The lowest BCUT2D eigenvalue weighted by Crippen LogP contribution is -2.27. The summed E-state index contributed by atoms with van der Waals surface area (Å²) in [5.74, 6) is -2.81. The molecular weight excluding hydrogens is 298 g/mol. The zero-order valence-electron chi connectivity index (χ0n) is 11.0. The Bertz CT molecular complexity index is 701. The highest BCUT2D eigenvalue weighted by Crippen LogP contribution is 2.11. The lowest BCUT2D eigenvalue weighted by molar-refractivity contribution is -0.133. The van der Waals surface area contributed by atoms with E-state index in [0.717, 1.165) is 17.7 Å². The molecule has 0 atom stereocenters. The third-order valence-corrected chi connectivity index (χ3v) is 3.69. The molecule has 0 aliphatic rings. The Morgan fingerprint density at radius 2 is 1.71 bits per heavy atom. The topological polar surface area (TPSA) is 121 Å². The fourth-order valence-electron chi connectivity index (χ4n) is 1.30. The molecule has 0 unspecified atom stereocenters. The average molecular weight is 311 g/mol. The molecule has 0 amide bonds. The molecule has 8 heteroatoms. The maximum absolute atomic E-state index is 12.0. The van der Waals surface area contributed by atoms with Crippen molar-refractivity contribution in [2.45, 2.75) is 11.8 Å². The lowest BCUT2D eigenvalue weighted by atomic mass is 10.2. The number of rotatable bonds is 6. The summed E-state index contributed by atoms with van der Waals surface area (Å²) in [6.07, 6.45) is 2.45. The van der Waals surface area contributed by atoms with Crippen molar-refractivity contribution in [3.63, 3.8) is 0 Å². The lowest BCUT2D eigenvalue weighted by Gasteiger charge is -2.08. The summed E-state index contributed by atoms with van der Waals surface area (Å²) >= 11 is 0. The second-order valence-electron chi connectivity index (χ2n) is 4.00. The van der Waals surface area contributed by atoms with E-state index >= 15 is 0 Å².